The van der Waals surface area contributed by atoms with Gasteiger partial charge >= 0.3 is 5.97 Å². The van der Waals surface area contributed by atoms with Gasteiger partial charge in [-0.1, -0.05) is 48.5 Å². The molecule has 6 nitrogen and oxygen atoms in total. The standard InChI is InChI=1S/C26H26N2O4/c1-2-31-26(30)24(18-21-8-4-3-5-9-21)28-25(29)16-13-20-11-14-23(15-12-20)32-19-22-10-6-7-17-27-22/h3-17,24H,2,18-19H2,1H3,(H,28,29)/b16-13+. The Balaban J connectivity index is 1.55. The molecular weight excluding hydrogens is 404 g/mol. The van der Waals surface area contributed by atoms with Crippen molar-refractivity contribution in [2.75, 3.05) is 6.61 Å². The topological polar surface area (TPSA) is 77.5 Å². The van der Waals surface area contributed by atoms with E-state index in [4.69, 9.17) is 9.47 Å². The number of carbonyl (C=O) groups is 2. The van der Waals surface area contributed by atoms with Crippen molar-refractivity contribution in [2.24, 2.45) is 0 Å². The number of nitrogens with zero attached hydrogens (tertiary/aromatic N) is 1. The number of benzene rings is 2. The van der Waals surface area contributed by atoms with Gasteiger partial charge < -0.3 is 14.8 Å². The Hall–Kier alpha value is -3.93. The molecule has 1 aromatic heterocycles. The number of esters is 1. The fourth-order valence-corrected chi connectivity index (χ4v) is 2.99. The second-order valence-corrected chi connectivity index (χ2v) is 7.02. The normalized spacial score (nSPS) is 11.7. The van der Waals surface area contributed by atoms with Gasteiger partial charge in [-0.15, -0.1) is 0 Å². The molecule has 1 N–H and O–H groups in total. The highest BCUT2D eigenvalue weighted by Gasteiger charge is 2.21. The molecule has 1 atom stereocenters. The highest BCUT2D eigenvalue weighted by atomic mass is 16.5. The SMILES string of the molecule is CCOC(=O)C(Cc1ccccc1)NC(=O)/C=C/c1ccc(OCc2ccccn2)cc1. The molecule has 3 rings (SSSR count). The van der Waals surface area contributed by atoms with Gasteiger partial charge in [0.2, 0.25) is 5.91 Å². The lowest BCUT2D eigenvalue weighted by Gasteiger charge is -2.16. The van der Waals surface area contributed by atoms with Crippen molar-refractivity contribution in [1.82, 2.24) is 10.3 Å². The molecule has 0 radical (unpaired) electrons. The van der Waals surface area contributed by atoms with Crippen LogP contribution in [0.25, 0.3) is 6.08 Å². The van der Waals surface area contributed by atoms with E-state index in [1.54, 1.807) is 19.2 Å². The monoisotopic (exact) mass is 430 g/mol. The van der Waals surface area contributed by atoms with E-state index in [-0.39, 0.29) is 12.5 Å². The average Bonchev–Trinajstić information content (AvgIpc) is 2.83. The van der Waals surface area contributed by atoms with Crippen molar-refractivity contribution < 1.29 is 19.1 Å². The number of hydrogen-bond donors (Lipinski definition) is 1. The third-order valence-corrected chi connectivity index (χ3v) is 4.59. The lowest BCUT2D eigenvalue weighted by molar-refractivity contribution is -0.146. The number of hydrogen-bond acceptors (Lipinski definition) is 5. The van der Waals surface area contributed by atoms with Crippen molar-refractivity contribution >= 4 is 18.0 Å². The number of carbonyl (C=O) groups excluding carboxylic acids is 2. The average molecular weight is 431 g/mol. The second kappa shape index (κ2) is 12.1. The van der Waals surface area contributed by atoms with Crippen LogP contribution in [0.5, 0.6) is 5.75 Å². The molecule has 0 bridgehead atoms. The number of pyridine rings is 1. The first-order valence-corrected chi connectivity index (χ1v) is 10.5. The summed E-state index contributed by atoms with van der Waals surface area (Å²) in [4.78, 5) is 28.9. The van der Waals surface area contributed by atoms with Gasteiger partial charge in [-0.25, -0.2) is 4.79 Å². The summed E-state index contributed by atoms with van der Waals surface area (Å²) in [6.45, 7) is 2.38. The Morgan fingerprint density at radius 1 is 1.00 bits per heavy atom. The van der Waals surface area contributed by atoms with Crippen LogP contribution in [0.2, 0.25) is 0 Å². The molecule has 6 heteroatoms. The van der Waals surface area contributed by atoms with E-state index >= 15 is 0 Å². The van der Waals surface area contributed by atoms with Gasteiger partial charge in [0, 0.05) is 18.7 Å². The fraction of sp³-hybridized carbons (Fsp3) is 0.192. The zero-order chi connectivity index (χ0) is 22.6. The highest BCUT2D eigenvalue weighted by Crippen LogP contribution is 2.14. The molecule has 32 heavy (non-hydrogen) atoms. The first kappa shape index (κ1) is 22.7. The summed E-state index contributed by atoms with van der Waals surface area (Å²) in [6.07, 6.45) is 5.18. The van der Waals surface area contributed by atoms with Gasteiger partial charge in [-0.2, -0.15) is 0 Å². The molecule has 0 aliphatic carbocycles. The zero-order valence-corrected chi connectivity index (χ0v) is 17.9. The van der Waals surface area contributed by atoms with Gasteiger partial charge in [0.1, 0.15) is 18.4 Å². The van der Waals surface area contributed by atoms with Crippen LogP contribution in [0, 0.1) is 0 Å². The Morgan fingerprint density at radius 2 is 1.75 bits per heavy atom. The molecule has 1 heterocycles. The molecule has 1 unspecified atom stereocenters. The first-order valence-electron chi connectivity index (χ1n) is 10.5. The van der Waals surface area contributed by atoms with Gasteiger partial charge in [-0.3, -0.25) is 9.78 Å². The zero-order valence-electron chi connectivity index (χ0n) is 17.9. The van der Waals surface area contributed by atoms with Gasteiger partial charge in [-0.05, 0) is 48.4 Å². The molecule has 3 aromatic rings. The smallest absolute Gasteiger partial charge is 0.328 e. The summed E-state index contributed by atoms with van der Waals surface area (Å²) in [5.41, 5.74) is 2.62. The Morgan fingerprint density at radius 3 is 2.44 bits per heavy atom. The van der Waals surface area contributed by atoms with E-state index in [2.05, 4.69) is 10.3 Å². The van der Waals surface area contributed by atoms with E-state index in [9.17, 15) is 9.59 Å². The van der Waals surface area contributed by atoms with Crippen molar-refractivity contribution in [3.63, 3.8) is 0 Å². The predicted molar refractivity (Wildman–Crippen MR) is 123 cm³/mol. The summed E-state index contributed by atoms with van der Waals surface area (Å²) in [5, 5.41) is 2.74. The highest BCUT2D eigenvalue weighted by molar-refractivity contribution is 5.94. The molecule has 0 fully saturated rings. The van der Waals surface area contributed by atoms with Crippen LogP contribution < -0.4 is 10.1 Å². The molecule has 164 valence electrons. The Bertz CT molecular complexity index is 1020. The number of amides is 1. The minimum atomic E-state index is -0.753. The molecular formula is C26H26N2O4. The van der Waals surface area contributed by atoms with Gasteiger partial charge in [0.05, 0.1) is 12.3 Å². The van der Waals surface area contributed by atoms with Crippen LogP contribution in [0.15, 0.2) is 85.1 Å². The van der Waals surface area contributed by atoms with E-state index in [1.807, 2.05) is 72.8 Å². The van der Waals surface area contributed by atoms with Crippen LogP contribution in [-0.4, -0.2) is 29.5 Å². The third-order valence-electron chi connectivity index (χ3n) is 4.59. The van der Waals surface area contributed by atoms with Crippen molar-refractivity contribution in [1.29, 1.82) is 0 Å². The summed E-state index contributed by atoms with van der Waals surface area (Å²) in [6, 6.07) is 21.8. The van der Waals surface area contributed by atoms with Crippen LogP contribution in [0.1, 0.15) is 23.7 Å². The molecule has 0 spiro atoms. The van der Waals surface area contributed by atoms with E-state index in [0.29, 0.717) is 18.8 Å². The molecule has 0 aliphatic heterocycles. The quantitative estimate of drug-likeness (QED) is 0.389. The van der Waals surface area contributed by atoms with Crippen molar-refractivity contribution in [3.05, 3.63) is 102 Å². The molecule has 0 saturated heterocycles. The largest absolute Gasteiger partial charge is 0.487 e. The maximum absolute atomic E-state index is 12.4. The maximum atomic E-state index is 12.4. The molecule has 0 aliphatic rings. The van der Waals surface area contributed by atoms with Crippen molar-refractivity contribution in [3.8, 4) is 5.75 Å². The van der Waals surface area contributed by atoms with Gasteiger partial charge in [0.15, 0.2) is 0 Å². The van der Waals surface area contributed by atoms with Crippen LogP contribution in [-0.2, 0) is 27.4 Å². The van der Waals surface area contributed by atoms with Gasteiger partial charge in [0.25, 0.3) is 0 Å². The summed E-state index contributed by atoms with van der Waals surface area (Å²) in [7, 11) is 0. The number of ether oxygens (including phenoxy) is 2. The fourth-order valence-electron chi connectivity index (χ4n) is 2.99. The molecule has 0 saturated carbocycles. The summed E-state index contributed by atoms with van der Waals surface area (Å²) >= 11 is 0. The lowest BCUT2D eigenvalue weighted by atomic mass is 10.1. The van der Waals surface area contributed by atoms with Crippen LogP contribution in [0.4, 0.5) is 0 Å². The molecule has 2 aromatic carbocycles. The number of rotatable bonds is 10. The summed E-state index contributed by atoms with van der Waals surface area (Å²) in [5.74, 6) is -0.107. The van der Waals surface area contributed by atoms with Crippen LogP contribution in [0.3, 0.4) is 0 Å². The lowest BCUT2D eigenvalue weighted by Crippen LogP contribution is -2.42. The van der Waals surface area contributed by atoms with E-state index in [0.717, 1.165) is 16.8 Å². The first-order chi connectivity index (χ1) is 15.6. The second-order valence-electron chi connectivity index (χ2n) is 7.02. The van der Waals surface area contributed by atoms with Crippen molar-refractivity contribution in [2.45, 2.75) is 26.0 Å². The Kier molecular flexibility index (Phi) is 8.57. The minimum absolute atomic E-state index is 0.255. The third kappa shape index (κ3) is 7.40. The molecule has 1 amide bonds. The minimum Gasteiger partial charge on any atom is -0.487 e. The van der Waals surface area contributed by atoms with Crippen LogP contribution >= 0.6 is 0 Å². The maximum Gasteiger partial charge on any atom is 0.328 e. The summed E-state index contributed by atoms with van der Waals surface area (Å²) < 4.78 is 10.8. The van der Waals surface area contributed by atoms with E-state index in [1.165, 1.54) is 6.08 Å². The number of aromatic nitrogens is 1. The van der Waals surface area contributed by atoms with E-state index < -0.39 is 12.0 Å². The Labute approximate surface area is 187 Å². The number of nitrogens with one attached hydrogen (secondary N) is 1. The predicted octanol–water partition coefficient (Wildman–Crippen LogP) is 3.96.